The molecule has 0 unspecified atom stereocenters. The van der Waals surface area contributed by atoms with Crippen LogP contribution in [0.1, 0.15) is 20.8 Å². The van der Waals surface area contributed by atoms with Crippen molar-refractivity contribution in [3.05, 3.63) is 40.3 Å². The molecule has 0 radical (unpaired) electrons. The Morgan fingerprint density at radius 2 is 2.23 bits per heavy atom. The number of rotatable bonds is 4. The Balaban J connectivity index is 1.84. The van der Waals surface area contributed by atoms with Crippen molar-refractivity contribution in [3.63, 3.8) is 0 Å². The van der Waals surface area contributed by atoms with Crippen molar-refractivity contribution in [2.24, 2.45) is 0 Å². The molecule has 5 heteroatoms. The Kier molecular flexibility index (Phi) is 4.18. The highest BCUT2D eigenvalue weighted by Crippen LogP contribution is 2.44. The number of ether oxygens (including phenoxy) is 1. The van der Waals surface area contributed by atoms with Crippen molar-refractivity contribution < 1.29 is 9.53 Å². The standard InChI is InChI=1S/C17H20N2O2S/c1-11-5-4-6-13-15(11)16-12(10-21-13)9-14(22-16)17(20)18-7-8-19(2)3/h4-6,9H,7-8,10H2,1-3H3,(H,18,20). The molecule has 0 fully saturated rings. The summed E-state index contributed by atoms with van der Waals surface area (Å²) in [6, 6.07) is 8.03. The summed E-state index contributed by atoms with van der Waals surface area (Å²) in [6.07, 6.45) is 0. The fraction of sp³-hybridized carbons (Fsp3) is 0.353. The van der Waals surface area contributed by atoms with Crippen LogP contribution < -0.4 is 10.1 Å². The molecule has 0 bridgehead atoms. The third-order valence-corrected chi connectivity index (χ3v) is 4.92. The molecule has 0 saturated carbocycles. The van der Waals surface area contributed by atoms with Gasteiger partial charge in [0.2, 0.25) is 0 Å². The second-order valence-electron chi connectivity index (χ2n) is 5.76. The Bertz CT molecular complexity index is 707. The van der Waals surface area contributed by atoms with Crippen LogP contribution in [0.3, 0.4) is 0 Å². The van der Waals surface area contributed by atoms with Crippen LogP contribution in [0.25, 0.3) is 10.4 Å². The molecule has 0 aliphatic carbocycles. The van der Waals surface area contributed by atoms with Gasteiger partial charge in [-0.1, -0.05) is 12.1 Å². The minimum atomic E-state index is -0.00335. The molecule has 2 aromatic rings. The number of fused-ring (bicyclic) bond motifs is 3. The molecule has 4 nitrogen and oxygen atoms in total. The van der Waals surface area contributed by atoms with Crippen LogP contribution in [-0.4, -0.2) is 38.0 Å². The second kappa shape index (κ2) is 6.10. The normalized spacial score (nSPS) is 12.5. The zero-order chi connectivity index (χ0) is 15.7. The Morgan fingerprint density at radius 3 is 3.00 bits per heavy atom. The average molecular weight is 316 g/mol. The van der Waals surface area contributed by atoms with Gasteiger partial charge in [-0.25, -0.2) is 0 Å². The molecule has 2 heterocycles. The summed E-state index contributed by atoms with van der Waals surface area (Å²) in [4.78, 5) is 16.2. The lowest BCUT2D eigenvalue weighted by Crippen LogP contribution is -2.30. The number of nitrogens with one attached hydrogen (secondary N) is 1. The monoisotopic (exact) mass is 316 g/mol. The average Bonchev–Trinajstić information content (AvgIpc) is 2.91. The minimum absolute atomic E-state index is 0.00335. The number of carbonyl (C=O) groups excluding carboxylic acids is 1. The van der Waals surface area contributed by atoms with E-state index in [1.165, 1.54) is 5.56 Å². The van der Waals surface area contributed by atoms with Gasteiger partial charge in [0.05, 0.1) is 4.88 Å². The second-order valence-corrected chi connectivity index (χ2v) is 6.81. The number of likely N-dealkylation sites (N-methyl/N-ethyl adjacent to an activating group) is 1. The van der Waals surface area contributed by atoms with Gasteiger partial charge in [-0.05, 0) is 38.7 Å². The van der Waals surface area contributed by atoms with Gasteiger partial charge < -0.3 is 15.0 Å². The highest BCUT2D eigenvalue weighted by atomic mass is 32.1. The first-order valence-electron chi connectivity index (χ1n) is 7.34. The number of thiophene rings is 1. The van der Waals surface area contributed by atoms with Crippen LogP contribution in [-0.2, 0) is 6.61 Å². The minimum Gasteiger partial charge on any atom is -0.488 e. The molecule has 0 atom stereocenters. The Labute approximate surface area is 134 Å². The van der Waals surface area contributed by atoms with Crippen LogP contribution in [0.5, 0.6) is 5.75 Å². The quantitative estimate of drug-likeness (QED) is 0.943. The van der Waals surface area contributed by atoms with E-state index in [1.54, 1.807) is 11.3 Å². The molecule has 0 spiro atoms. The van der Waals surface area contributed by atoms with Gasteiger partial charge in [-0.15, -0.1) is 11.3 Å². The smallest absolute Gasteiger partial charge is 0.261 e. The van der Waals surface area contributed by atoms with Gasteiger partial charge in [0.1, 0.15) is 12.4 Å². The van der Waals surface area contributed by atoms with E-state index >= 15 is 0 Å². The van der Waals surface area contributed by atoms with E-state index < -0.39 is 0 Å². The van der Waals surface area contributed by atoms with Crippen LogP contribution in [0, 0.1) is 6.92 Å². The lowest BCUT2D eigenvalue weighted by Gasteiger charge is -2.19. The molecular weight excluding hydrogens is 296 g/mol. The van der Waals surface area contributed by atoms with E-state index in [-0.39, 0.29) is 5.91 Å². The maximum absolute atomic E-state index is 12.3. The van der Waals surface area contributed by atoms with Crippen LogP contribution in [0.4, 0.5) is 0 Å². The summed E-state index contributed by atoms with van der Waals surface area (Å²) in [5, 5.41) is 2.97. The topological polar surface area (TPSA) is 41.6 Å². The number of carbonyl (C=O) groups is 1. The predicted molar refractivity (Wildman–Crippen MR) is 89.7 cm³/mol. The van der Waals surface area contributed by atoms with E-state index in [4.69, 9.17) is 4.74 Å². The van der Waals surface area contributed by atoms with Crippen molar-refractivity contribution in [2.45, 2.75) is 13.5 Å². The zero-order valence-electron chi connectivity index (χ0n) is 13.1. The van der Waals surface area contributed by atoms with E-state index in [0.717, 1.165) is 33.2 Å². The summed E-state index contributed by atoms with van der Waals surface area (Å²) in [6.45, 7) is 4.10. The lowest BCUT2D eigenvalue weighted by atomic mass is 10.0. The van der Waals surface area contributed by atoms with Gasteiger partial charge in [-0.3, -0.25) is 4.79 Å². The lowest BCUT2D eigenvalue weighted by molar-refractivity contribution is 0.0955. The maximum atomic E-state index is 12.3. The maximum Gasteiger partial charge on any atom is 0.261 e. The number of hydrogen-bond donors (Lipinski definition) is 1. The molecule has 3 rings (SSSR count). The number of nitrogens with zero attached hydrogens (tertiary/aromatic N) is 1. The van der Waals surface area contributed by atoms with Crippen molar-refractivity contribution in [2.75, 3.05) is 27.2 Å². The molecule has 22 heavy (non-hydrogen) atoms. The first-order chi connectivity index (χ1) is 10.6. The van der Waals surface area contributed by atoms with Gasteiger partial charge in [0, 0.05) is 29.1 Å². The molecule has 116 valence electrons. The van der Waals surface area contributed by atoms with E-state index in [9.17, 15) is 4.79 Å². The first kappa shape index (κ1) is 15.1. The Morgan fingerprint density at radius 1 is 1.41 bits per heavy atom. The summed E-state index contributed by atoms with van der Waals surface area (Å²) < 4.78 is 5.80. The third kappa shape index (κ3) is 2.87. The van der Waals surface area contributed by atoms with Crippen molar-refractivity contribution >= 4 is 17.2 Å². The molecule has 1 aliphatic rings. The van der Waals surface area contributed by atoms with Crippen LogP contribution in [0.15, 0.2) is 24.3 Å². The molecule has 1 aromatic heterocycles. The van der Waals surface area contributed by atoms with Gasteiger partial charge in [0.15, 0.2) is 0 Å². The number of benzene rings is 1. The van der Waals surface area contributed by atoms with Crippen LogP contribution in [0.2, 0.25) is 0 Å². The van der Waals surface area contributed by atoms with E-state index in [2.05, 4.69) is 18.3 Å². The van der Waals surface area contributed by atoms with Crippen molar-refractivity contribution in [3.8, 4) is 16.2 Å². The summed E-state index contributed by atoms with van der Waals surface area (Å²) in [5.41, 5.74) is 3.41. The van der Waals surface area contributed by atoms with Crippen LogP contribution >= 0.6 is 11.3 Å². The van der Waals surface area contributed by atoms with E-state index in [1.807, 2.05) is 37.2 Å². The summed E-state index contributed by atoms with van der Waals surface area (Å²) >= 11 is 1.55. The van der Waals surface area contributed by atoms with Gasteiger partial charge in [0.25, 0.3) is 5.91 Å². The molecule has 0 saturated heterocycles. The SMILES string of the molecule is Cc1cccc2c1-c1sc(C(=O)NCCN(C)C)cc1CO2. The number of aryl methyl sites for hydroxylation is 1. The fourth-order valence-electron chi connectivity index (χ4n) is 2.55. The number of hydrogen-bond acceptors (Lipinski definition) is 4. The summed E-state index contributed by atoms with van der Waals surface area (Å²) in [5.74, 6) is 0.908. The molecule has 1 aliphatic heterocycles. The molecular formula is C17H20N2O2S. The largest absolute Gasteiger partial charge is 0.488 e. The summed E-state index contributed by atoms with van der Waals surface area (Å²) in [7, 11) is 3.99. The van der Waals surface area contributed by atoms with E-state index in [0.29, 0.717) is 13.2 Å². The molecule has 1 aromatic carbocycles. The highest BCUT2D eigenvalue weighted by molar-refractivity contribution is 7.17. The third-order valence-electron chi connectivity index (χ3n) is 3.72. The number of amides is 1. The van der Waals surface area contributed by atoms with Gasteiger partial charge >= 0.3 is 0 Å². The fourth-order valence-corrected chi connectivity index (χ4v) is 3.75. The highest BCUT2D eigenvalue weighted by Gasteiger charge is 2.23. The van der Waals surface area contributed by atoms with Crippen molar-refractivity contribution in [1.82, 2.24) is 10.2 Å². The molecule has 1 N–H and O–H groups in total. The predicted octanol–water partition coefficient (Wildman–Crippen LogP) is 2.91. The molecule has 1 amide bonds. The first-order valence-corrected chi connectivity index (χ1v) is 8.16. The zero-order valence-corrected chi connectivity index (χ0v) is 13.9. The Hall–Kier alpha value is -1.85. The van der Waals surface area contributed by atoms with Gasteiger partial charge in [-0.2, -0.15) is 0 Å². The van der Waals surface area contributed by atoms with Crippen molar-refractivity contribution in [1.29, 1.82) is 0 Å².